The zero-order chi connectivity index (χ0) is 18.6. The summed E-state index contributed by atoms with van der Waals surface area (Å²) >= 11 is 8.45. The number of carbonyl (C=O) groups excluding carboxylic acids is 1. The lowest BCUT2D eigenvalue weighted by Crippen LogP contribution is -2.35. The fourth-order valence-electron chi connectivity index (χ4n) is 2.63. The Kier molecular flexibility index (Phi) is 6.52. The molecule has 0 aliphatic carbocycles. The van der Waals surface area contributed by atoms with E-state index in [9.17, 15) is 13.2 Å². The number of piperidine rings is 1. The van der Waals surface area contributed by atoms with Crippen LogP contribution in [-0.4, -0.2) is 31.7 Å². The van der Waals surface area contributed by atoms with Crippen LogP contribution in [0.4, 0.5) is 0 Å². The minimum Gasteiger partial charge on any atom is -0.348 e. The monoisotopic (exact) mass is 430 g/mol. The molecule has 5 nitrogen and oxygen atoms in total. The molecule has 0 radical (unpaired) electrons. The van der Waals surface area contributed by atoms with Gasteiger partial charge in [0.25, 0.3) is 10.0 Å². The molecule has 2 aromatic rings. The lowest BCUT2D eigenvalue weighted by atomic mass is 10.2. The average Bonchev–Trinajstić information content (AvgIpc) is 3.28. The summed E-state index contributed by atoms with van der Waals surface area (Å²) in [5.41, 5.74) is 0. The summed E-state index contributed by atoms with van der Waals surface area (Å²) in [5.74, 6) is -0.233. The Bertz CT molecular complexity index is 896. The number of carbonyl (C=O) groups is 1. The minimum absolute atomic E-state index is 0.233. The van der Waals surface area contributed by atoms with Gasteiger partial charge in [0.05, 0.1) is 10.9 Å². The van der Waals surface area contributed by atoms with E-state index in [1.54, 1.807) is 28.6 Å². The van der Waals surface area contributed by atoms with Crippen molar-refractivity contribution in [3.63, 3.8) is 0 Å². The molecule has 1 amide bonds. The van der Waals surface area contributed by atoms with Crippen LogP contribution in [0.5, 0.6) is 0 Å². The van der Waals surface area contributed by atoms with E-state index in [4.69, 9.17) is 11.6 Å². The number of thiophene rings is 2. The van der Waals surface area contributed by atoms with Crippen LogP contribution >= 0.6 is 34.3 Å². The summed E-state index contributed by atoms with van der Waals surface area (Å²) < 4.78 is 27.8. The third-order valence-electron chi connectivity index (χ3n) is 3.98. The molecular formula is C17H19ClN2O3S3. The number of amides is 1. The molecule has 26 heavy (non-hydrogen) atoms. The number of nitrogens with zero attached hydrogens (tertiary/aromatic N) is 1. The largest absolute Gasteiger partial charge is 0.348 e. The molecular weight excluding hydrogens is 412 g/mol. The molecule has 1 fully saturated rings. The maximum atomic E-state index is 12.6. The molecule has 0 atom stereocenters. The fraction of sp³-hybridized carbons (Fsp3) is 0.353. The van der Waals surface area contributed by atoms with Gasteiger partial charge in [-0.2, -0.15) is 4.31 Å². The highest BCUT2D eigenvalue weighted by Gasteiger charge is 2.27. The van der Waals surface area contributed by atoms with Crippen molar-refractivity contribution in [3.8, 4) is 0 Å². The molecule has 0 unspecified atom stereocenters. The molecule has 0 aromatic carbocycles. The molecule has 1 N–H and O–H groups in total. The van der Waals surface area contributed by atoms with Crippen molar-refractivity contribution in [3.05, 3.63) is 44.4 Å². The van der Waals surface area contributed by atoms with Crippen LogP contribution in [0.3, 0.4) is 0 Å². The number of sulfonamides is 1. The van der Waals surface area contributed by atoms with E-state index in [-0.39, 0.29) is 5.91 Å². The topological polar surface area (TPSA) is 66.5 Å². The Morgan fingerprint density at radius 2 is 1.92 bits per heavy atom. The van der Waals surface area contributed by atoms with Gasteiger partial charge in [0.1, 0.15) is 4.21 Å². The van der Waals surface area contributed by atoms with Gasteiger partial charge >= 0.3 is 0 Å². The molecule has 0 saturated carbocycles. The van der Waals surface area contributed by atoms with Crippen molar-refractivity contribution >= 4 is 56.3 Å². The molecule has 3 heterocycles. The SMILES string of the molecule is O=C(/C=C/c1ccc(Cl)s1)NCc1ccc(S(=O)(=O)N2CCCCC2)s1. The van der Waals surface area contributed by atoms with Gasteiger partial charge in [0, 0.05) is 28.9 Å². The Morgan fingerprint density at radius 3 is 2.62 bits per heavy atom. The summed E-state index contributed by atoms with van der Waals surface area (Å²) in [5, 5.41) is 2.77. The highest BCUT2D eigenvalue weighted by atomic mass is 35.5. The Morgan fingerprint density at radius 1 is 1.15 bits per heavy atom. The highest BCUT2D eigenvalue weighted by Crippen LogP contribution is 2.27. The van der Waals surface area contributed by atoms with Gasteiger partial charge in [-0.15, -0.1) is 22.7 Å². The van der Waals surface area contributed by atoms with Crippen molar-refractivity contribution in [2.75, 3.05) is 13.1 Å². The van der Waals surface area contributed by atoms with Crippen LogP contribution in [0.2, 0.25) is 4.34 Å². The number of rotatable bonds is 6. The second kappa shape index (κ2) is 8.67. The molecule has 1 saturated heterocycles. The summed E-state index contributed by atoms with van der Waals surface area (Å²) in [6, 6.07) is 7.00. The van der Waals surface area contributed by atoms with E-state index in [1.165, 1.54) is 28.7 Å². The van der Waals surface area contributed by atoms with E-state index < -0.39 is 10.0 Å². The number of hydrogen-bond acceptors (Lipinski definition) is 5. The number of hydrogen-bond donors (Lipinski definition) is 1. The third kappa shape index (κ3) is 4.95. The fourth-order valence-corrected chi connectivity index (χ4v) is 6.56. The second-order valence-electron chi connectivity index (χ2n) is 5.88. The van der Waals surface area contributed by atoms with Crippen LogP contribution in [0.25, 0.3) is 6.08 Å². The van der Waals surface area contributed by atoms with E-state index in [0.717, 1.165) is 29.0 Å². The maximum Gasteiger partial charge on any atom is 0.252 e. The molecule has 0 spiro atoms. The van der Waals surface area contributed by atoms with Crippen LogP contribution in [-0.2, 0) is 21.4 Å². The average molecular weight is 431 g/mol. The summed E-state index contributed by atoms with van der Waals surface area (Å²) in [7, 11) is -3.41. The Labute approximate surface area is 166 Å². The van der Waals surface area contributed by atoms with E-state index in [1.807, 2.05) is 6.07 Å². The van der Waals surface area contributed by atoms with Crippen molar-refractivity contribution in [2.24, 2.45) is 0 Å². The van der Waals surface area contributed by atoms with Crippen molar-refractivity contribution in [2.45, 2.75) is 30.0 Å². The molecule has 9 heteroatoms. The summed E-state index contributed by atoms with van der Waals surface area (Å²) in [6.45, 7) is 1.47. The number of nitrogens with one attached hydrogen (secondary N) is 1. The van der Waals surface area contributed by atoms with E-state index >= 15 is 0 Å². The predicted molar refractivity (Wildman–Crippen MR) is 107 cm³/mol. The molecule has 140 valence electrons. The Balaban J connectivity index is 1.56. The van der Waals surface area contributed by atoms with Crippen LogP contribution in [0.1, 0.15) is 29.0 Å². The summed E-state index contributed by atoms with van der Waals surface area (Å²) in [4.78, 5) is 13.6. The van der Waals surface area contributed by atoms with E-state index in [0.29, 0.717) is 28.2 Å². The first-order valence-electron chi connectivity index (χ1n) is 8.25. The predicted octanol–water partition coefficient (Wildman–Crippen LogP) is 3.97. The van der Waals surface area contributed by atoms with Gasteiger partial charge in [-0.1, -0.05) is 18.0 Å². The lowest BCUT2D eigenvalue weighted by molar-refractivity contribution is -0.116. The smallest absolute Gasteiger partial charge is 0.252 e. The van der Waals surface area contributed by atoms with E-state index in [2.05, 4.69) is 5.32 Å². The van der Waals surface area contributed by atoms with Crippen LogP contribution in [0.15, 0.2) is 34.6 Å². The van der Waals surface area contributed by atoms with Crippen LogP contribution in [0, 0.1) is 0 Å². The zero-order valence-electron chi connectivity index (χ0n) is 14.0. The van der Waals surface area contributed by atoms with Gasteiger partial charge in [-0.3, -0.25) is 4.79 Å². The van der Waals surface area contributed by atoms with Gasteiger partial charge in [-0.25, -0.2) is 8.42 Å². The van der Waals surface area contributed by atoms with Gasteiger partial charge in [0.2, 0.25) is 5.91 Å². The van der Waals surface area contributed by atoms with Gasteiger partial charge < -0.3 is 5.32 Å². The standard InChI is InChI=1S/C17H19ClN2O3S3/c18-15-7-4-13(24-15)5-8-16(21)19-12-14-6-9-17(25-14)26(22,23)20-10-2-1-3-11-20/h4-9H,1-3,10-12H2,(H,19,21)/b8-5+. The molecule has 3 rings (SSSR count). The quantitative estimate of drug-likeness (QED) is 0.705. The minimum atomic E-state index is -3.41. The molecule has 1 aliphatic rings. The zero-order valence-corrected chi connectivity index (χ0v) is 17.2. The lowest BCUT2D eigenvalue weighted by Gasteiger charge is -2.25. The van der Waals surface area contributed by atoms with Crippen LogP contribution < -0.4 is 5.32 Å². The number of halogens is 1. The Hall–Kier alpha value is -1.19. The van der Waals surface area contributed by atoms with Gasteiger partial charge in [-0.05, 0) is 43.2 Å². The van der Waals surface area contributed by atoms with Crippen molar-refractivity contribution < 1.29 is 13.2 Å². The molecule has 2 aromatic heterocycles. The first-order valence-corrected chi connectivity index (χ1v) is 11.7. The highest BCUT2D eigenvalue weighted by molar-refractivity contribution is 7.91. The van der Waals surface area contributed by atoms with Gasteiger partial charge in [0.15, 0.2) is 0 Å². The normalized spacial score (nSPS) is 16.2. The maximum absolute atomic E-state index is 12.6. The van der Waals surface area contributed by atoms with Crippen molar-refractivity contribution in [1.29, 1.82) is 0 Å². The first-order chi connectivity index (χ1) is 12.4. The molecule has 0 bridgehead atoms. The second-order valence-corrected chi connectivity index (χ2v) is 11.0. The first kappa shape index (κ1) is 19.6. The third-order valence-corrected chi connectivity index (χ3v) is 8.62. The van der Waals surface area contributed by atoms with Crippen molar-refractivity contribution in [1.82, 2.24) is 9.62 Å². The summed E-state index contributed by atoms with van der Waals surface area (Å²) in [6.07, 6.45) is 6.05. The molecule has 1 aliphatic heterocycles.